The van der Waals surface area contributed by atoms with E-state index in [1.807, 2.05) is 18.2 Å². The highest BCUT2D eigenvalue weighted by atomic mass is 79.9. The highest BCUT2D eigenvalue weighted by Crippen LogP contribution is 2.36. The van der Waals surface area contributed by atoms with Gasteiger partial charge in [-0.2, -0.15) is 0 Å². The van der Waals surface area contributed by atoms with Crippen LogP contribution in [-0.4, -0.2) is 17.2 Å². The molecule has 3 nitrogen and oxygen atoms in total. The van der Waals surface area contributed by atoms with Crippen molar-refractivity contribution >= 4 is 22.0 Å². The van der Waals surface area contributed by atoms with Gasteiger partial charge in [0.05, 0.1) is 0 Å². The van der Waals surface area contributed by atoms with Crippen molar-refractivity contribution in [1.82, 2.24) is 5.32 Å². The second-order valence-corrected chi connectivity index (χ2v) is 5.39. The molecule has 0 aromatic heterocycles. The van der Waals surface area contributed by atoms with Crippen molar-refractivity contribution in [3.05, 3.63) is 34.3 Å². The third-order valence-corrected chi connectivity index (χ3v) is 4.07. The van der Waals surface area contributed by atoms with Crippen LogP contribution in [0.15, 0.2) is 28.7 Å². The molecule has 1 aliphatic rings. The number of halogens is 1. The van der Waals surface area contributed by atoms with E-state index in [0.29, 0.717) is 5.92 Å². The van der Waals surface area contributed by atoms with E-state index < -0.39 is 6.09 Å². The lowest BCUT2D eigenvalue weighted by Gasteiger charge is -2.29. The van der Waals surface area contributed by atoms with E-state index in [2.05, 4.69) is 27.3 Å². The van der Waals surface area contributed by atoms with Gasteiger partial charge in [0, 0.05) is 10.5 Å². The quantitative estimate of drug-likeness (QED) is 0.873. The van der Waals surface area contributed by atoms with Crippen LogP contribution in [0, 0.1) is 0 Å². The molecule has 2 unspecified atom stereocenters. The number of benzene rings is 1. The summed E-state index contributed by atoms with van der Waals surface area (Å²) in [7, 11) is 0. The van der Waals surface area contributed by atoms with Crippen LogP contribution in [0.2, 0.25) is 0 Å². The maximum Gasteiger partial charge on any atom is 0.404 e. The predicted molar refractivity (Wildman–Crippen MR) is 70.3 cm³/mol. The lowest BCUT2D eigenvalue weighted by molar-refractivity contribution is 0.184. The van der Waals surface area contributed by atoms with Crippen LogP contribution < -0.4 is 5.32 Å². The minimum Gasteiger partial charge on any atom is -0.465 e. The normalized spacial score (nSPS) is 24.3. The monoisotopic (exact) mass is 297 g/mol. The second-order valence-electron chi connectivity index (χ2n) is 4.53. The Hall–Kier alpha value is -1.03. The van der Waals surface area contributed by atoms with Crippen molar-refractivity contribution in [3.8, 4) is 0 Å². The summed E-state index contributed by atoms with van der Waals surface area (Å²) >= 11 is 3.57. The Bertz CT molecular complexity index is 408. The highest BCUT2D eigenvalue weighted by Gasteiger charge is 2.25. The Morgan fingerprint density at radius 3 is 2.82 bits per heavy atom. The Morgan fingerprint density at radius 2 is 2.12 bits per heavy atom. The standard InChI is InChI=1S/C13H16BrNO2/c14-12-7-2-1-6-11(12)9-4-3-5-10(8-9)15-13(16)17/h1-2,6-7,9-10,15H,3-5,8H2,(H,16,17). The molecule has 0 bridgehead atoms. The molecule has 1 aromatic carbocycles. The first-order valence-corrected chi connectivity index (χ1v) is 6.70. The molecule has 17 heavy (non-hydrogen) atoms. The Kier molecular flexibility index (Phi) is 4.05. The van der Waals surface area contributed by atoms with E-state index >= 15 is 0 Å². The van der Waals surface area contributed by atoms with E-state index in [9.17, 15) is 4.79 Å². The van der Waals surface area contributed by atoms with Crippen LogP contribution >= 0.6 is 15.9 Å². The van der Waals surface area contributed by atoms with E-state index in [1.54, 1.807) is 0 Å². The number of hydrogen-bond acceptors (Lipinski definition) is 1. The number of amides is 1. The fourth-order valence-corrected chi connectivity index (χ4v) is 3.19. The van der Waals surface area contributed by atoms with Gasteiger partial charge < -0.3 is 10.4 Å². The summed E-state index contributed by atoms with van der Waals surface area (Å²) < 4.78 is 1.13. The van der Waals surface area contributed by atoms with Gasteiger partial charge in [0.25, 0.3) is 0 Å². The largest absolute Gasteiger partial charge is 0.465 e. The zero-order valence-corrected chi connectivity index (χ0v) is 11.1. The lowest BCUT2D eigenvalue weighted by Crippen LogP contribution is -2.37. The molecule has 2 rings (SSSR count). The molecule has 1 aromatic rings. The van der Waals surface area contributed by atoms with Crippen LogP contribution in [0.1, 0.15) is 37.2 Å². The summed E-state index contributed by atoms with van der Waals surface area (Å²) in [4.78, 5) is 10.7. The molecule has 0 spiro atoms. The maximum absolute atomic E-state index is 10.7. The maximum atomic E-state index is 10.7. The minimum atomic E-state index is -0.914. The molecule has 4 heteroatoms. The van der Waals surface area contributed by atoms with Crippen molar-refractivity contribution in [1.29, 1.82) is 0 Å². The molecule has 1 fully saturated rings. The first kappa shape index (κ1) is 12.4. The first-order valence-electron chi connectivity index (χ1n) is 5.90. The van der Waals surface area contributed by atoms with E-state index in [4.69, 9.17) is 5.11 Å². The van der Waals surface area contributed by atoms with Crippen molar-refractivity contribution in [2.24, 2.45) is 0 Å². The van der Waals surface area contributed by atoms with E-state index in [0.717, 1.165) is 30.2 Å². The van der Waals surface area contributed by atoms with Gasteiger partial charge in [-0.25, -0.2) is 4.79 Å². The van der Waals surface area contributed by atoms with Crippen LogP contribution in [0.25, 0.3) is 0 Å². The summed E-state index contributed by atoms with van der Waals surface area (Å²) in [6.07, 6.45) is 3.15. The van der Waals surface area contributed by atoms with Crippen molar-refractivity contribution in [2.45, 2.75) is 37.6 Å². The van der Waals surface area contributed by atoms with Crippen molar-refractivity contribution < 1.29 is 9.90 Å². The Labute approximate surface area is 109 Å². The highest BCUT2D eigenvalue weighted by molar-refractivity contribution is 9.10. The fraction of sp³-hybridized carbons (Fsp3) is 0.462. The van der Waals surface area contributed by atoms with Gasteiger partial charge in [-0.1, -0.05) is 40.5 Å². The van der Waals surface area contributed by atoms with Gasteiger partial charge in [-0.15, -0.1) is 0 Å². The third-order valence-electron chi connectivity index (χ3n) is 3.35. The smallest absolute Gasteiger partial charge is 0.404 e. The summed E-state index contributed by atoms with van der Waals surface area (Å²) in [5.41, 5.74) is 1.30. The van der Waals surface area contributed by atoms with Crippen molar-refractivity contribution in [3.63, 3.8) is 0 Å². The molecule has 1 saturated carbocycles. The van der Waals surface area contributed by atoms with Crippen LogP contribution in [0.5, 0.6) is 0 Å². The molecule has 0 saturated heterocycles. The first-order chi connectivity index (χ1) is 8.16. The number of carbonyl (C=O) groups is 1. The molecule has 1 amide bonds. The average molecular weight is 298 g/mol. The Balaban J connectivity index is 2.07. The molecule has 0 radical (unpaired) electrons. The molecular weight excluding hydrogens is 282 g/mol. The van der Waals surface area contributed by atoms with Gasteiger partial charge in [0.2, 0.25) is 0 Å². The van der Waals surface area contributed by atoms with E-state index in [-0.39, 0.29) is 6.04 Å². The molecule has 0 aliphatic heterocycles. The number of nitrogens with one attached hydrogen (secondary N) is 1. The molecule has 0 heterocycles. The molecule has 92 valence electrons. The number of rotatable bonds is 2. The minimum absolute atomic E-state index is 0.0957. The van der Waals surface area contributed by atoms with Gasteiger partial charge in [0.1, 0.15) is 0 Å². The lowest BCUT2D eigenvalue weighted by atomic mass is 9.81. The van der Waals surface area contributed by atoms with Gasteiger partial charge in [-0.3, -0.25) is 0 Å². The molecular formula is C13H16BrNO2. The summed E-state index contributed by atoms with van der Waals surface area (Å²) in [6.45, 7) is 0. The second kappa shape index (κ2) is 5.54. The van der Waals surface area contributed by atoms with Crippen LogP contribution in [-0.2, 0) is 0 Å². The van der Waals surface area contributed by atoms with Crippen molar-refractivity contribution in [2.75, 3.05) is 0 Å². The van der Waals surface area contributed by atoms with Gasteiger partial charge in [0.15, 0.2) is 0 Å². The summed E-state index contributed by atoms with van der Waals surface area (Å²) in [6, 6.07) is 8.30. The summed E-state index contributed by atoms with van der Waals surface area (Å²) in [5.74, 6) is 0.455. The average Bonchev–Trinajstić information content (AvgIpc) is 2.29. The molecule has 2 atom stereocenters. The van der Waals surface area contributed by atoms with Gasteiger partial charge in [-0.05, 0) is 36.8 Å². The fourth-order valence-electron chi connectivity index (χ4n) is 2.58. The van der Waals surface area contributed by atoms with E-state index in [1.165, 1.54) is 5.56 Å². The topological polar surface area (TPSA) is 49.3 Å². The predicted octanol–water partition coefficient (Wildman–Crippen LogP) is 3.74. The van der Waals surface area contributed by atoms with Gasteiger partial charge >= 0.3 is 6.09 Å². The molecule has 2 N–H and O–H groups in total. The van der Waals surface area contributed by atoms with Crippen LogP contribution in [0.4, 0.5) is 4.79 Å². The number of hydrogen-bond donors (Lipinski definition) is 2. The van der Waals surface area contributed by atoms with Crippen LogP contribution in [0.3, 0.4) is 0 Å². The zero-order valence-electron chi connectivity index (χ0n) is 9.53. The zero-order chi connectivity index (χ0) is 12.3. The summed E-state index contributed by atoms with van der Waals surface area (Å²) in [5, 5.41) is 11.4. The molecule has 1 aliphatic carbocycles. The third kappa shape index (κ3) is 3.22. The Morgan fingerprint density at radius 1 is 1.35 bits per heavy atom. The SMILES string of the molecule is O=C(O)NC1CCCC(c2ccccc2Br)C1. The number of carboxylic acid groups (broad SMARTS) is 1.